The van der Waals surface area contributed by atoms with Crippen LogP contribution in [0.4, 0.5) is 5.69 Å². The number of anilines is 1. The molecular formula is C13H18BrN3O4. The molecule has 2 rings (SSSR count). The van der Waals surface area contributed by atoms with E-state index < -0.39 is 11.5 Å². The molecule has 1 aromatic rings. The molecule has 7 nitrogen and oxygen atoms in total. The van der Waals surface area contributed by atoms with Gasteiger partial charge in [0.2, 0.25) is 0 Å². The number of carbonyl (C=O) groups excluding carboxylic acids is 1. The van der Waals surface area contributed by atoms with E-state index in [9.17, 15) is 14.7 Å². The van der Waals surface area contributed by atoms with E-state index in [1.807, 2.05) is 0 Å². The second kappa shape index (κ2) is 7.04. The van der Waals surface area contributed by atoms with Crippen molar-refractivity contribution in [3.8, 4) is 0 Å². The van der Waals surface area contributed by atoms with E-state index in [-0.39, 0.29) is 18.6 Å². The number of aliphatic hydroxyl groups is 1. The van der Waals surface area contributed by atoms with Crippen LogP contribution >= 0.6 is 15.9 Å². The van der Waals surface area contributed by atoms with Crippen LogP contribution in [0.1, 0.15) is 19.3 Å². The van der Waals surface area contributed by atoms with Gasteiger partial charge in [0, 0.05) is 12.5 Å². The van der Waals surface area contributed by atoms with Gasteiger partial charge in [0.25, 0.3) is 5.56 Å². The van der Waals surface area contributed by atoms with Gasteiger partial charge in [-0.2, -0.15) is 5.10 Å². The van der Waals surface area contributed by atoms with Crippen molar-refractivity contribution in [1.82, 2.24) is 9.78 Å². The molecule has 2 unspecified atom stereocenters. The summed E-state index contributed by atoms with van der Waals surface area (Å²) in [5.41, 5.74) is 0.151. The first-order valence-electron chi connectivity index (χ1n) is 6.77. The highest BCUT2D eigenvalue weighted by molar-refractivity contribution is 9.10. The molecule has 0 spiro atoms. The number of aliphatic hydroxyl groups excluding tert-OH is 1. The number of methoxy groups -OCH3 is 1. The molecule has 1 fully saturated rings. The lowest BCUT2D eigenvalue weighted by Gasteiger charge is -2.16. The molecule has 1 aromatic heterocycles. The van der Waals surface area contributed by atoms with Gasteiger partial charge < -0.3 is 15.2 Å². The summed E-state index contributed by atoms with van der Waals surface area (Å²) in [6.45, 7) is 0.359. The molecule has 8 heteroatoms. The Bertz CT molecular complexity index is 575. The number of hydrogen-bond donors (Lipinski definition) is 2. The predicted octanol–water partition coefficient (Wildman–Crippen LogP) is 0.752. The van der Waals surface area contributed by atoms with Crippen molar-refractivity contribution in [2.75, 3.05) is 19.0 Å². The lowest BCUT2D eigenvalue weighted by atomic mass is 10.1. The maximum absolute atomic E-state index is 12.1. The smallest absolute Gasteiger partial charge is 0.327 e. The molecule has 2 atom stereocenters. The van der Waals surface area contributed by atoms with Gasteiger partial charge in [-0.25, -0.2) is 4.68 Å². The third kappa shape index (κ3) is 3.82. The van der Waals surface area contributed by atoms with Crippen molar-refractivity contribution in [3.63, 3.8) is 0 Å². The van der Waals surface area contributed by atoms with Gasteiger partial charge in [0.05, 0.1) is 25.1 Å². The van der Waals surface area contributed by atoms with Crippen molar-refractivity contribution in [3.05, 3.63) is 21.0 Å². The van der Waals surface area contributed by atoms with Crippen LogP contribution in [-0.2, 0) is 16.1 Å². The molecular weight excluding hydrogens is 342 g/mol. The maximum Gasteiger partial charge on any atom is 0.327 e. The number of nitrogens with one attached hydrogen (secondary N) is 1. The van der Waals surface area contributed by atoms with Gasteiger partial charge in [-0.05, 0) is 28.8 Å². The monoisotopic (exact) mass is 359 g/mol. The van der Waals surface area contributed by atoms with Gasteiger partial charge in [0.1, 0.15) is 11.0 Å². The average molecular weight is 360 g/mol. The molecule has 1 aliphatic rings. The Balaban J connectivity index is 2.06. The van der Waals surface area contributed by atoms with Crippen molar-refractivity contribution in [2.24, 2.45) is 5.92 Å². The SMILES string of the molecule is COC(=O)Cn1ncc(NCC2CCCC2O)c(Br)c1=O. The molecule has 1 saturated carbocycles. The van der Waals surface area contributed by atoms with Crippen LogP contribution in [0.3, 0.4) is 0 Å². The molecule has 0 aliphatic heterocycles. The molecule has 21 heavy (non-hydrogen) atoms. The highest BCUT2D eigenvalue weighted by Gasteiger charge is 2.25. The topological polar surface area (TPSA) is 93.5 Å². The van der Waals surface area contributed by atoms with Crippen LogP contribution in [0.5, 0.6) is 0 Å². The zero-order valence-corrected chi connectivity index (χ0v) is 13.3. The van der Waals surface area contributed by atoms with Crippen molar-refractivity contribution in [1.29, 1.82) is 0 Å². The minimum atomic E-state index is -0.536. The van der Waals surface area contributed by atoms with Gasteiger partial charge >= 0.3 is 5.97 Å². The quantitative estimate of drug-likeness (QED) is 0.753. The fraction of sp³-hybridized carbons (Fsp3) is 0.615. The maximum atomic E-state index is 12.1. The summed E-state index contributed by atoms with van der Waals surface area (Å²) >= 11 is 3.22. The van der Waals surface area contributed by atoms with E-state index in [1.54, 1.807) is 0 Å². The number of hydrogen-bond acceptors (Lipinski definition) is 6. The first kappa shape index (κ1) is 16.0. The summed E-state index contributed by atoms with van der Waals surface area (Å²) in [4.78, 5) is 23.2. The van der Waals surface area contributed by atoms with Crippen molar-refractivity contribution < 1.29 is 14.6 Å². The summed E-state index contributed by atoms with van der Waals surface area (Å²) in [6.07, 6.45) is 4.01. The van der Waals surface area contributed by atoms with Crippen LogP contribution in [0, 0.1) is 5.92 Å². The molecule has 0 aromatic carbocycles. The van der Waals surface area contributed by atoms with E-state index in [4.69, 9.17) is 0 Å². The van der Waals surface area contributed by atoms with Crippen molar-refractivity contribution in [2.45, 2.75) is 31.9 Å². The summed E-state index contributed by atoms with van der Waals surface area (Å²) in [6, 6.07) is 0. The predicted molar refractivity (Wildman–Crippen MR) is 80.1 cm³/mol. The fourth-order valence-corrected chi connectivity index (χ4v) is 2.83. The number of carbonyl (C=O) groups is 1. The van der Waals surface area contributed by atoms with E-state index in [0.29, 0.717) is 16.7 Å². The number of rotatable bonds is 5. The largest absolute Gasteiger partial charge is 0.468 e. The normalized spacial score (nSPS) is 21.3. The van der Waals surface area contributed by atoms with Gasteiger partial charge in [-0.15, -0.1) is 0 Å². The Morgan fingerprint density at radius 3 is 3.00 bits per heavy atom. The number of nitrogens with zero attached hydrogens (tertiary/aromatic N) is 2. The van der Waals surface area contributed by atoms with Gasteiger partial charge in [-0.3, -0.25) is 9.59 Å². The molecule has 1 aliphatic carbocycles. The number of halogens is 1. The molecule has 0 bridgehead atoms. The Hall–Kier alpha value is -1.41. The summed E-state index contributed by atoms with van der Waals surface area (Å²) in [7, 11) is 1.26. The molecule has 0 radical (unpaired) electrons. The molecule has 0 saturated heterocycles. The van der Waals surface area contributed by atoms with E-state index >= 15 is 0 Å². The number of ether oxygens (including phenoxy) is 1. The second-order valence-electron chi connectivity index (χ2n) is 5.05. The molecule has 0 amide bonds. The number of esters is 1. The minimum Gasteiger partial charge on any atom is -0.468 e. The zero-order valence-electron chi connectivity index (χ0n) is 11.7. The Morgan fingerprint density at radius 2 is 2.38 bits per heavy atom. The van der Waals surface area contributed by atoms with Gasteiger partial charge in [0.15, 0.2) is 0 Å². The molecule has 116 valence electrons. The minimum absolute atomic E-state index is 0.189. The second-order valence-corrected chi connectivity index (χ2v) is 5.84. The van der Waals surface area contributed by atoms with Gasteiger partial charge in [-0.1, -0.05) is 6.42 Å². The standard InChI is InChI=1S/C13H18BrN3O4/c1-21-11(19)7-17-13(20)12(14)9(6-16-17)15-5-8-3-2-4-10(8)18/h6,8,10,15,18H,2-5,7H2,1H3. The third-order valence-corrected chi connectivity index (χ3v) is 4.43. The van der Waals surface area contributed by atoms with E-state index in [0.717, 1.165) is 23.9 Å². The first-order chi connectivity index (χ1) is 10.0. The van der Waals surface area contributed by atoms with Crippen molar-refractivity contribution >= 4 is 27.6 Å². The van der Waals surface area contributed by atoms with Crippen LogP contribution < -0.4 is 10.9 Å². The van der Waals surface area contributed by atoms with Crippen LogP contribution in [0.25, 0.3) is 0 Å². The lowest BCUT2D eigenvalue weighted by Crippen LogP contribution is -2.29. The summed E-state index contributed by atoms with van der Waals surface area (Å²) in [5.74, 6) is -0.347. The Labute approximate surface area is 130 Å². The fourth-order valence-electron chi connectivity index (χ4n) is 2.38. The average Bonchev–Trinajstić information content (AvgIpc) is 2.88. The highest BCUT2D eigenvalue weighted by Crippen LogP contribution is 2.26. The Kier molecular flexibility index (Phi) is 5.35. The summed E-state index contributed by atoms with van der Waals surface area (Å²) in [5, 5.41) is 16.8. The van der Waals surface area contributed by atoms with E-state index in [1.165, 1.54) is 13.3 Å². The Morgan fingerprint density at radius 1 is 1.62 bits per heavy atom. The third-order valence-electron chi connectivity index (χ3n) is 3.67. The van der Waals surface area contributed by atoms with Crippen LogP contribution in [0.2, 0.25) is 0 Å². The molecule has 1 heterocycles. The number of aromatic nitrogens is 2. The highest BCUT2D eigenvalue weighted by atomic mass is 79.9. The zero-order chi connectivity index (χ0) is 15.4. The lowest BCUT2D eigenvalue weighted by molar-refractivity contribution is -0.141. The van der Waals surface area contributed by atoms with E-state index in [2.05, 4.69) is 31.1 Å². The molecule has 2 N–H and O–H groups in total. The van der Waals surface area contributed by atoms with Crippen LogP contribution in [-0.4, -0.2) is 40.6 Å². The summed E-state index contributed by atoms with van der Waals surface area (Å²) < 4.78 is 5.86. The van der Waals surface area contributed by atoms with Crippen LogP contribution in [0.15, 0.2) is 15.5 Å². The first-order valence-corrected chi connectivity index (χ1v) is 7.56.